The molecule has 0 atom stereocenters. The second kappa shape index (κ2) is 5.05. The fraction of sp³-hybridized carbons (Fsp3) is 0.308. The fourth-order valence-electron chi connectivity index (χ4n) is 2.02. The van der Waals surface area contributed by atoms with Gasteiger partial charge in [0.25, 0.3) is 0 Å². The van der Waals surface area contributed by atoms with Crippen LogP contribution in [0.3, 0.4) is 0 Å². The molecule has 1 N–H and O–H groups in total. The van der Waals surface area contributed by atoms with E-state index in [1.807, 2.05) is 0 Å². The van der Waals surface area contributed by atoms with Crippen molar-refractivity contribution in [3.8, 4) is 11.3 Å². The number of nitrogens with zero attached hydrogens (tertiary/aromatic N) is 2. The van der Waals surface area contributed by atoms with Crippen LogP contribution in [0.25, 0.3) is 11.3 Å². The van der Waals surface area contributed by atoms with Crippen LogP contribution >= 0.6 is 0 Å². The first kappa shape index (κ1) is 13.6. The zero-order chi connectivity index (χ0) is 14.0. The van der Waals surface area contributed by atoms with Crippen LogP contribution in [-0.4, -0.2) is 16.8 Å². The highest BCUT2D eigenvalue weighted by molar-refractivity contribution is 5.67. The fourth-order valence-corrected chi connectivity index (χ4v) is 2.02. The van der Waals surface area contributed by atoms with Gasteiger partial charge in [0.1, 0.15) is 0 Å². The van der Waals surface area contributed by atoms with E-state index in [1.54, 1.807) is 26.4 Å². The zero-order valence-corrected chi connectivity index (χ0v) is 10.6. The van der Waals surface area contributed by atoms with E-state index in [-0.39, 0.29) is 5.56 Å². The highest BCUT2D eigenvalue weighted by Crippen LogP contribution is 2.37. The molecule has 19 heavy (non-hydrogen) atoms. The largest absolute Gasteiger partial charge is 0.417 e. The molecular formula is C13H14F3N3. The highest BCUT2D eigenvalue weighted by Gasteiger charge is 2.34. The van der Waals surface area contributed by atoms with Crippen molar-refractivity contribution < 1.29 is 13.2 Å². The monoisotopic (exact) mass is 269 g/mol. The van der Waals surface area contributed by atoms with Gasteiger partial charge >= 0.3 is 6.18 Å². The van der Waals surface area contributed by atoms with Gasteiger partial charge < -0.3 is 5.32 Å². The maximum Gasteiger partial charge on any atom is 0.417 e. The first-order valence-electron chi connectivity index (χ1n) is 5.77. The molecule has 0 aliphatic rings. The molecule has 0 fully saturated rings. The Bertz CT molecular complexity index is 573. The Morgan fingerprint density at radius 2 is 1.95 bits per heavy atom. The van der Waals surface area contributed by atoms with Crippen LogP contribution in [0.4, 0.5) is 13.2 Å². The van der Waals surface area contributed by atoms with E-state index in [0.717, 1.165) is 11.6 Å². The van der Waals surface area contributed by atoms with Gasteiger partial charge in [-0.3, -0.25) is 4.68 Å². The molecule has 0 aliphatic heterocycles. The predicted octanol–water partition coefficient (Wildman–Crippen LogP) is 2.83. The molecule has 6 heteroatoms. The number of hydrogen-bond donors (Lipinski definition) is 1. The minimum atomic E-state index is -4.38. The van der Waals surface area contributed by atoms with Crippen molar-refractivity contribution in [2.45, 2.75) is 12.7 Å². The lowest BCUT2D eigenvalue weighted by atomic mass is 10.0. The Balaban J connectivity index is 2.59. The quantitative estimate of drug-likeness (QED) is 0.928. The van der Waals surface area contributed by atoms with E-state index >= 15 is 0 Å². The standard InChI is InChI=1S/C13H14F3N3/c1-17-7-9-8-19(2)18-12(9)10-5-3-4-6-11(10)13(14,15)16/h3-6,8,17H,7H2,1-2H3. The molecule has 0 amide bonds. The van der Waals surface area contributed by atoms with Crippen molar-refractivity contribution in [3.63, 3.8) is 0 Å². The molecular weight excluding hydrogens is 255 g/mol. The Morgan fingerprint density at radius 1 is 1.26 bits per heavy atom. The average molecular weight is 269 g/mol. The summed E-state index contributed by atoms with van der Waals surface area (Å²) in [5.74, 6) is 0. The molecule has 0 spiro atoms. The van der Waals surface area contributed by atoms with E-state index in [2.05, 4.69) is 10.4 Å². The van der Waals surface area contributed by atoms with Gasteiger partial charge in [-0.05, 0) is 13.1 Å². The molecule has 0 radical (unpaired) electrons. The van der Waals surface area contributed by atoms with Gasteiger partial charge in [0.15, 0.2) is 0 Å². The van der Waals surface area contributed by atoms with Crippen molar-refractivity contribution in [1.29, 1.82) is 0 Å². The number of hydrogen-bond acceptors (Lipinski definition) is 2. The lowest BCUT2D eigenvalue weighted by molar-refractivity contribution is -0.137. The number of nitrogens with one attached hydrogen (secondary N) is 1. The molecule has 102 valence electrons. The molecule has 0 saturated heterocycles. The maximum atomic E-state index is 13.0. The third-order valence-electron chi connectivity index (χ3n) is 2.76. The van der Waals surface area contributed by atoms with Crippen LogP contribution in [-0.2, 0) is 19.8 Å². The predicted molar refractivity (Wildman–Crippen MR) is 66.4 cm³/mol. The van der Waals surface area contributed by atoms with Crippen LogP contribution in [0.1, 0.15) is 11.1 Å². The molecule has 0 unspecified atom stereocenters. The molecule has 1 aromatic carbocycles. The molecule has 0 aliphatic carbocycles. The summed E-state index contributed by atoms with van der Waals surface area (Å²) in [5.41, 5.74) is 0.554. The van der Waals surface area contributed by atoms with Crippen molar-refractivity contribution in [2.24, 2.45) is 7.05 Å². The van der Waals surface area contributed by atoms with Crippen molar-refractivity contribution in [1.82, 2.24) is 15.1 Å². The topological polar surface area (TPSA) is 29.9 Å². The Labute approximate surface area is 109 Å². The highest BCUT2D eigenvalue weighted by atomic mass is 19.4. The van der Waals surface area contributed by atoms with E-state index in [1.165, 1.54) is 16.8 Å². The van der Waals surface area contributed by atoms with Crippen molar-refractivity contribution >= 4 is 0 Å². The Kier molecular flexibility index (Phi) is 3.61. The summed E-state index contributed by atoms with van der Waals surface area (Å²) in [7, 11) is 3.44. The van der Waals surface area contributed by atoms with Crippen LogP contribution in [0.5, 0.6) is 0 Å². The number of aromatic nitrogens is 2. The first-order chi connectivity index (χ1) is 8.93. The van der Waals surface area contributed by atoms with Crippen molar-refractivity contribution in [3.05, 3.63) is 41.6 Å². The molecule has 3 nitrogen and oxygen atoms in total. The van der Waals surface area contributed by atoms with Crippen LogP contribution in [0.15, 0.2) is 30.5 Å². The average Bonchev–Trinajstić information content (AvgIpc) is 2.70. The summed E-state index contributed by atoms with van der Waals surface area (Å²) in [4.78, 5) is 0. The van der Waals surface area contributed by atoms with Gasteiger partial charge in [-0.1, -0.05) is 18.2 Å². The van der Waals surface area contributed by atoms with Gasteiger partial charge in [0.2, 0.25) is 0 Å². The van der Waals surface area contributed by atoms with Gasteiger partial charge in [-0.25, -0.2) is 0 Å². The Morgan fingerprint density at radius 3 is 2.58 bits per heavy atom. The van der Waals surface area contributed by atoms with E-state index in [9.17, 15) is 13.2 Å². The number of aryl methyl sites for hydroxylation is 1. The van der Waals surface area contributed by atoms with Crippen molar-refractivity contribution in [2.75, 3.05) is 7.05 Å². The maximum absolute atomic E-state index is 13.0. The molecule has 1 heterocycles. The van der Waals surface area contributed by atoms with Crippen LogP contribution < -0.4 is 5.32 Å². The summed E-state index contributed by atoms with van der Waals surface area (Å²) < 4.78 is 40.5. The summed E-state index contributed by atoms with van der Waals surface area (Å²) in [6.07, 6.45) is -2.66. The third-order valence-corrected chi connectivity index (χ3v) is 2.76. The lowest BCUT2D eigenvalue weighted by Crippen LogP contribution is -2.09. The van der Waals surface area contributed by atoms with Gasteiger partial charge in [-0.15, -0.1) is 0 Å². The minimum absolute atomic E-state index is 0.112. The third kappa shape index (κ3) is 2.78. The summed E-state index contributed by atoms with van der Waals surface area (Å²) in [5, 5.41) is 7.08. The number of rotatable bonds is 3. The van der Waals surface area contributed by atoms with E-state index < -0.39 is 11.7 Å². The van der Waals surface area contributed by atoms with Gasteiger partial charge in [-0.2, -0.15) is 18.3 Å². The number of alkyl halides is 3. The smallest absolute Gasteiger partial charge is 0.316 e. The van der Waals surface area contributed by atoms with Crippen LogP contribution in [0.2, 0.25) is 0 Å². The summed E-state index contributed by atoms with van der Waals surface area (Å²) in [6.45, 7) is 0.468. The molecule has 0 bridgehead atoms. The normalized spacial score (nSPS) is 11.8. The second-order valence-electron chi connectivity index (χ2n) is 4.25. The molecule has 0 saturated carbocycles. The van der Waals surface area contributed by atoms with Gasteiger partial charge in [0, 0.05) is 30.9 Å². The molecule has 1 aromatic heterocycles. The molecule has 2 rings (SSSR count). The van der Waals surface area contributed by atoms with E-state index in [4.69, 9.17) is 0 Å². The second-order valence-corrected chi connectivity index (χ2v) is 4.25. The lowest BCUT2D eigenvalue weighted by Gasteiger charge is -2.12. The minimum Gasteiger partial charge on any atom is -0.316 e. The summed E-state index contributed by atoms with van der Waals surface area (Å²) in [6, 6.07) is 5.49. The summed E-state index contributed by atoms with van der Waals surface area (Å²) >= 11 is 0. The zero-order valence-electron chi connectivity index (χ0n) is 10.6. The number of benzene rings is 1. The SMILES string of the molecule is CNCc1cn(C)nc1-c1ccccc1C(F)(F)F. The van der Waals surface area contributed by atoms with Crippen LogP contribution in [0, 0.1) is 0 Å². The molecule has 2 aromatic rings. The number of halogens is 3. The van der Waals surface area contributed by atoms with E-state index in [0.29, 0.717) is 12.2 Å². The van der Waals surface area contributed by atoms with Gasteiger partial charge in [0.05, 0.1) is 11.3 Å². The Hall–Kier alpha value is -1.82. The first-order valence-corrected chi connectivity index (χ1v) is 5.77.